The summed E-state index contributed by atoms with van der Waals surface area (Å²) in [6.45, 7) is 0.711. The van der Waals surface area contributed by atoms with Crippen molar-refractivity contribution in [3.63, 3.8) is 0 Å². The van der Waals surface area contributed by atoms with E-state index in [0.29, 0.717) is 18.2 Å². The molecule has 0 radical (unpaired) electrons. The first-order chi connectivity index (χ1) is 10.3. The van der Waals surface area contributed by atoms with E-state index >= 15 is 0 Å². The number of para-hydroxylation sites is 1. The highest BCUT2D eigenvalue weighted by Crippen LogP contribution is 2.38. The second kappa shape index (κ2) is 9.11. The summed E-state index contributed by atoms with van der Waals surface area (Å²) in [4.78, 5) is 13.2. The van der Waals surface area contributed by atoms with Crippen molar-refractivity contribution in [1.82, 2.24) is 0 Å². The van der Waals surface area contributed by atoms with Gasteiger partial charge in [0.25, 0.3) is 0 Å². The quantitative estimate of drug-likeness (QED) is 0.708. The third-order valence-electron chi connectivity index (χ3n) is 3.86. The van der Waals surface area contributed by atoms with Gasteiger partial charge >= 0.3 is 0 Å². The average molecular weight is 306 g/mol. The lowest BCUT2D eigenvalue weighted by atomic mass is 10.2. The highest BCUT2D eigenvalue weighted by molar-refractivity contribution is 8.00. The molecule has 21 heavy (non-hydrogen) atoms. The smallest absolute Gasteiger partial charge is 0.224 e. The number of rotatable bonds is 8. The Bertz CT molecular complexity index is 444. The third kappa shape index (κ3) is 5.71. The number of benzene rings is 1. The predicted octanol–water partition coefficient (Wildman–Crippen LogP) is 4.18. The normalized spacial score (nSPS) is 15.3. The first-order valence-corrected chi connectivity index (χ1v) is 8.93. The molecule has 0 aromatic heterocycles. The molecule has 4 heteroatoms. The number of carbonyl (C=O) groups excluding carboxylic acids is 1. The molecule has 1 amide bonds. The van der Waals surface area contributed by atoms with E-state index in [9.17, 15) is 4.79 Å². The molecule has 3 nitrogen and oxygen atoms in total. The molecule has 0 bridgehead atoms. The Balaban J connectivity index is 1.85. The van der Waals surface area contributed by atoms with Crippen molar-refractivity contribution in [1.29, 1.82) is 0 Å². The third-order valence-corrected chi connectivity index (χ3v) is 5.28. The molecule has 0 saturated heterocycles. The number of hydrogen-bond donors (Lipinski definition) is 2. The van der Waals surface area contributed by atoms with Crippen molar-refractivity contribution < 1.29 is 4.79 Å². The molecule has 0 spiro atoms. The molecule has 0 unspecified atom stereocenters. The van der Waals surface area contributed by atoms with E-state index in [1.54, 1.807) is 0 Å². The number of hydrogen-bond acceptors (Lipinski definition) is 3. The summed E-state index contributed by atoms with van der Waals surface area (Å²) >= 11 is 1.92. The molecule has 1 fully saturated rings. The van der Waals surface area contributed by atoms with E-state index in [-0.39, 0.29) is 5.91 Å². The van der Waals surface area contributed by atoms with Crippen LogP contribution in [0.1, 0.15) is 51.4 Å². The maximum atomic E-state index is 12.0. The van der Waals surface area contributed by atoms with Crippen LogP contribution < -0.4 is 11.1 Å². The van der Waals surface area contributed by atoms with E-state index < -0.39 is 0 Å². The number of thioether (sulfide) groups is 1. The summed E-state index contributed by atoms with van der Waals surface area (Å²) < 4.78 is 0. The van der Waals surface area contributed by atoms with E-state index in [4.69, 9.17) is 5.73 Å². The Kier molecular flexibility index (Phi) is 7.10. The topological polar surface area (TPSA) is 55.1 Å². The maximum Gasteiger partial charge on any atom is 0.224 e. The van der Waals surface area contributed by atoms with Gasteiger partial charge in [-0.1, -0.05) is 31.4 Å². The number of nitrogens with one attached hydrogen (secondary N) is 1. The molecule has 0 heterocycles. The summed E-state index contributed by atoms with van der Waals surface area (Å²) in [6.07, 6.45) is 8.81. The van der Waals surface area contributed by atoms with Gasteiger partial charge in [-0.3, -0.25) is 4.79 Å². The van der Waals surface area contributed by atoms with Gasteiger partial charge < -0.3 is 11.1 Å². The summed E-state index contributed by atoms with van der Waals surface area (Å²) in [7, 11) is 0. The molecule has 1 aliphatic rings. The number of anilines is 1. The lowest BCUT2D eigenvalue weighted by Gasteiger charge is -2.14. The van der Waals surface area contributed by atoms with Crippen molar-refractivity contribution in [3.05, 3.63) is 24.3 Å². The van der Waals surface area contributed by atoms with Gasteiger partial charge in [0.2, 0.25) is 5.91 Å². The van der Waals surface area contributed by atoms with E-state index in [0.717, 1.165) is 24.9 Å². The van der Waals surface area contributed by atoms with Crippen LogP contribution in [0.5, 0.6) is 0 Å². The molecule has 3 N–H and O–H groups in total. The van der Waals surface area contributed by atoms with Gasteiger partial charge in [0.15, 0.2) is 0 Å². The molecule has 116 valence electrons. The van der Waals surface area contributed by atoms with Gasteiger partial charge in [0.05, 0.1) is 5.69 Å². The molecular weight excluding hydrogens is 280 g/mol. The van der Waals surface area contributed by atoms with Crippen LogP contribution in [0.2, 0.25) is 0 Å². The maximum absolute atomic E-state index is 12.0. The molecule has 1 aliphatic carbocycles. The highest BCUT2D eigenvalue weighted by atomic mass is 32.2. The second-order valence-corrected chi connectivity index (χ2v) is 7.01. The van der Waals surface area contributed by atoms with E-state index in [1.807, 2.05) is 30.0 Å². The largest absolute Gasteiger partial charge is 0.330 e. The first-order valence-electron chi connectivity index (χ1n) is 8.05. The Morgan fingerprint density at radius 3 is 2.71 bits per heavy atom. The molecule has 1 aromatic rings. The Hall–Kier alpha value is -1.00. The van der Waals surface area contributed by atoms with Gasteiger partial charge in [-0.25, -0.2) is 0 Å². The molecule has 2 rings (SSSR count). The highest BCUT2D eigenvalue weighted by Gasteiger charge is 2.17. The Labute approximate surface area is 132 Å². The number of amides is 1. The standard InChI is InChI=1S/C17H26N2OS/c18-13-7-1-2-12-17(20)19-15-10-5-6-11-16(15)21-14-8-3-4-9-14/h5-6,10-11,14H,1-4,7-9,12-13,18H2,(H,19,20). The SMILES string of the molecule is NCCCCCC(=O)Nc1ccccc1SC1CCCC1. The van der Waals surface area contributed by atoms with Gasteiger partial charge in [-0.05, 0) is 44.4 Å². The fourth-order valence-electron chi connectivity index (χ4n) is 2.68. The molecule has 0 atom stereocenters. The molecular formula is C17H26N2OS. The Morgan fingerprint density at radius 2 is 1.95 bits per heavy atom. The van der Waals surface area contributed by atoms with Crippen LogP contribution in [0.3, 0.4) is 0 Å². The number of nitrogens with two attached hydrogens (primary N) is 1. The minimum absolute atomic E-state index is 0.117. The van der Waals surface area contributed by atoms with Crippen LogP contribution >= 0.6 is 11.8 Å². The average Bonchev–Trinajstić information content (AvgIpc) is 2.99. The molecule has 0 aliphatic heterocycles. The fourth-order valence-corrected chi connectivity index (χ4v) is 4.01. The van der Waals surface area contributed by atoms with E-state index in [1.165, 1.54) is 30.6 Å². The van der Waals surface area contributed by atoms with Gasteiger partial charge in [-0.2, -0.15) is 0 Å². The van der Waals surface area contributed by atoms with Crippen LogP contribution in [0.25, 0.3) is 0 Å². The zero-order valence-electron chi connectivity index (χ0n) is 12.6. The van der Waals surface area contributed by atoms with Gasteiger partial charge in [-0.15, -0.1) is 11.8 Å². The van der Waals surface area contributed by atoms with Crippen LogP contribution in [0, 0.1) is 0 Å². The summed E-state index contributed by atoms with van der Waals surface area (Å²) in [5.74, 6) is 0.117. The van der Waals surface area contributed by atoms with Crippen LogP contribution in [0.15, 0.2) is 29.2 Å². The zero-order chi connectivity index (χ0) is 14.9. The van der Waals surface area contributed by atoms with Gasteiger partial charge in [0.1, 0.15) is 0 Å². The second-order valence-electron chi connectivity index (χ2n) is 5.67. The number of unbranched alkanes of at least 4 members (excludes halogenated alkanes) is 2. The first kappa shape index (κ1) is 16.4. The molecule has 1 saturated carbocycles. The summed E-state index contributed by atoms with van der Waals surface area (Å²) in [6, 6.07) is 8.17. The lowest BCUT2D eigenvalue weighted by Crippen LogP contribution is -2.12. The van der Waals surface area contributed by atoms with Gasteiger partial charge in [0, 0.05) is 16.6 Å². The van der Waals surface area contributed by atoms with Crippen molar-refractivity contribution in [2.24, 2.45) is 5.73 Å². The Morgan fingerprint density at radius 1 is 1.19 bits per heavy atom. The fraction of sp³-hybridized carbons (Fsp3) is 0.588. The van der Waals surface area contributed by atoms with Crippen molar-refractivity contribution in [2.45, 2.75) is 61.5 Å². The van der Waals surface area contributed by atoms with Crippen LogP contribution in [0.4, 0.5) is 5.69 Å². The minimum Gasteiger partial charge on any atom is -0.330 e. The summed E-state index contributed by atoms with van der Waals surface area (Å²) in [5, 5.41) is 3.79. The molecule has 1 aromatic carbocycles. The number of carbonyl (C=O) groups is 1. The van der Waals surface area contributed by atoms with Crippen LogP contribution in [-0.4, -0.2) is 17.7 Å². The van der Waals surface area contributed by atoms with E-state index in [2.05, 4.69) is 11.4 Å². The predicted molar refractivity (Wildman–Crippen MR) is 90.7 cm³/mol. The van der Waals surface area contributed by atoms with Crippen LogP contribution in [-0.2, 0) is 4.79 Å². The van der Waals surface area contributed by atoms with Crippen molar-refractivity contribution in [2.75, 3.05) is 11.9 Å². The zero-order valence-corrected chi connectivity index (χ0v) is 13.5. The lowest BCUT2D eigenvalue weighted by molar-refractivity contribution is -0.116. The summed E-state index contributed by atoms with van der Waals surface area (Å²) in [5.41, 5.74) is 6.43. The monoisotopic (exact) mass is 306 g/mol. The minimum atomic E-state index is 0.117. The van der Waals surface area contributed by atoms with Crippen molar-refractivity contribution in [3.8, 4) is 0 Å². The van der Waals surface area contributed by atoms with Crippen molar-refractivity contribution >= 4 is 23.4 Å².